The van der Waals surface area contributed by atoms with E-state index < -0.39 is 36.2 Å². The minimum atomic E-state index is -2.75. The van der Waals surface area contributed by atoms with Crippen molar-refractivity contribution >= 4 is 17.5 Å². The summed E-state index contributed by atoms with van der Waals surface area (Å²) in [5, 5.41) is 26.6. The van der Waals surface area contributed by atoms with E-state index in [4.69, 9.17) is 10.2 Å². The molecule has 0 fully saturated rings. The van der Waals surface area contributed by atoms with E-state index in [1.54, 1.807) is 0 Å². The number of carbonyl (C=O) groups excluding carboxylic acids is 2. The van der Waals surface area contributed by atoms with Crippen molar-refractivity contribution in [1.82, 2.24) is 0 Å². The third kappa shape index (κ3) is 4.05. The normalized spacial score (nSPS) is 14.2. The Morgan fingerprint density at radius 1 is 1.31 bits per heavy atom. The fraction of sp³-hybridized carbons (Fsp3) is 0.667. The number of hydrogen-bond acceptors (Lipinski definition) is 6. The van der Waals surface area contributed by atoms with Gasteiger partial charge in [-0.2, -0.15) is 0 Å². The van der Waals surface area contributed by atoms with Crippen LogP contribution >= 0.6 is 0 Å². The number of carboxylic acid groups (broad SMARTS) is 1. The van der Waals surface area contributed by atoms with Crippen LogP contribution in [0.1, 0.15) is 13.3 Å². The number of aliphatic carboxylic acids is 1. The third-order valence-electron chi connectivity index (χ3n) is 1.79. The van der Waals surface area contributed by atoms with Crippen LogP contribution in [0.5, 0.6) is 0 Å². The molecule has 0 rings (SSSR count). The SMILES string of the molecule is CC(=O)CC(O)(C(=O)O)C(=O)COCCO. The fourth-order valence-electron chi connectivity index (χ4n) is 1.00. The fourth-order valence-corrected chi connectivity index (χ4v) is 1.00. The first kappa shape index (κ1) is 14.7. The highest BCUT2D eigenvalue weighted by atomic mass is 16.5. The molecule has 0 aromatic heterocycles. The number of aliphatic hydroxyl groups is 2. The van der Waals surface area contributed by atoms with Gasteiger partial charge in [-0.3, -0.25) is 9.59 Å². The molecule has 0 aromatic carbocycles. The molecule has 0 aliphatic rings. The monoisotopic (exact) mass is 234 g/mol. The Labute approximate surface area is 91.6 Å². The molecule has 0 aromatic rings. The van der Waals surface area contributed by atoms with E-state index in [0.717, 1.165) is 6.92 Å². The molecule has 1 unspecified atom stereocenters. The van der Waals surface area contributed by atoms with Crippen molar-refractivity contribution in [3.63, 3.8) is 0 Å². The third-order valence-corrected chi connectivity index (χ3v) is 1.79. The van der Waals surface area contributed by atoms with Gasteiger partial charge >= 0.3 is 5.97 Å². The van der Waals surface area contributed by atoms with Gasteiger partial charge in [0, 0.05) is 0 Å². The zero-order chi connectivity index (χ0) is 12.8. The first-order valence-corrected chi connectivity index (χ1v) is 4.51. The van der Waals surface area contributed by atoms with Crippen LogP contribution < -0.4 is 0 Å². The van der Waals surface area contributed by atoms with E-state index in [1.807, 2.05) is 0 Å². The van der Waals surface area contributed by atoms with Crippen LogP contribution in [0.25, 0.3) is 0 Å². The number of Topliss-reactive ketones (excluding diaryl/α,β-unsaturated/α-hetero) is 2. The van der Waals surface area contributed by atoms with Gasteiger partial charge in [0.25, 0.3) is 0 Å². The standard InChI is InChI=1S/C9H14O7/c1-6(11)4-9(15,8(13)14)7(12)5-16-3-2-10/h10,15H,2-5H2,1H3,(H,13,14). The number of rotatable bonds is 8. The highest BCUT2D eigenvalue weighted by Gasteiger charge is 2.44. The van der Waals surface area contributed by atoms with E-state index in [-0.39, 0.29) is 13.2 Å². The highest BCUT2D eigenvalue weighted by molar-refractivity contribution is 6.09. The van der Waals surface area contributed by atoms with Gasteiger partial charge in [0.1, 0.15) is 12.4 Å². The zero-order valence-corrected chi connectivity index (χ0v) is 8.80. The molecule has 0 aliphatic carbocycles. The van der Waals surface area contributed by atoms with Crippen LogP contribution in [0.4, 0.5) is 0 Å². The summed E-state index contributed by atoms with van der Waals surface area (Å²) in [5.74, 6) is -3.54. The first-order chi connectivity index (χ1) is 7.34. The molecule has 0 aliphatic heterocycles. The minimum absolute atomic E-state index is 0.151. The van der Waals surface area contributed by atoms with Crippen molar-refractivity contribution in [2.45, 2.75) is 18.9 Å². The summed E-state index contributed by atoms with van der Waals surface area (Å²) < 4.78 is 4.59. The van der Waals surface area contributed by atoms with Crippen molar-refractivity contribution < 1.29 is 34.4 Å². The van der Waals surface area contributed by atoms with Gasteiger partial charge in [0.05, 0.1) is 19.6 Å². The van der Waals surface area contributed by atoms with E-state index in [2.05, 4.69) is 4.74 Å². The van der Waals surface area contributed by atoms with Crippen LogP contribution in [-0.4, -0.2) is 58.3 Å². The molecule has 0 saturated heterocycles. The average Bonchev–Trinajstić information content (AvgIpc) is 2.16. The number of ether oxygens (including phenoxy) is 1. The summed E-state index contributed by atoms with van der Waals surface area (Å²) in [6.07, 6.45) is -0.802. The van der Waals surface area contributed by atoms with Gasteiger partial charge in [-0.05, 0) is 6.92 Å². The number of aliphatic hydroxyl groups excluding tert-OH is 1. The second kappa shape index (κ2) is 6.31. The Bertz CT molecular complexity index is 286. The lowest BCUT2D eigenvalue weighted by Gasteiger charge is -2.20. The Morgan fingerprint density at radius 3 is 2.25 bits per heavy atom. The van der Waals surface area contributed by atoms with Gasteiger partial charge < -0.3 is 20.1 Å². The molecule has 0 spiro atoms. The van der Waals surface area contributed by atoms with Crippen LogP contribution in [0.2, 0.25) is 0 Å². The summed E-state index contributed by atoms with van der Waals surface area (Å²) in [4.78, 5) is 32.8. The molecule has 16 heavy (non-hydrogen) atoms. The maximum absolute atomic E-state index is 11.3. The van der Waals surface area contributed by atoms with Crippen LogP contribution in [-0.2, 0) is 19.1 Å². The summed E-state index contributed by atoms with van der Waals surface area (Å²) in [6.45, 7) is -0.0839. The van der Waals surface area contributed by atoms with Crippen molar-refractivity contribution in [3.05, 3.63) is 0 Å². The summed E-state index contributed by atoms with van der Waals surface area (Å²) in [6, 6.07) is 0. The molecule has 7 nitrogen and oxygen atoms in total. The second-order valence-corrected chi connectivity index (χ2v) is 3.24. The van der Waals surface area contributed by atoms with Crippen molar-refractivity contribution in [2.75, 3.05) is 19.8 Å². The average molecular weight is 234 g/mol. The molecule has 0 bridgehead atoms. The molecular formula is C9H14O7. The smallest absolute Gasteiger partial charge is 0.344 e. The Balaban J connectivity index is 4.58. The molecule has 7 heteroatoms. The lowest BCUT2D eigenvalue weighted by atomic mass is 9.93. The second-order valence-electron chi connectivity index (χ2n) is 3.24. The van der Waals surface area contributed by atoms with Gasteiger partial charge in [-0.15, -0.1) is 0 Å². The molecular weight excluding hydrogens is 220 g/mol. The molecule has 1 atom stereocenters. The summed E-state index contributed by atoms with van der Waals surface area (Å²) >= 11 is 0. The molecule has 0 saturated carbocycles. The first-order valence-electron chi connectivity index (χ1n) is 4.51. The molecule has 0 radical (unpaired) electrons. The molecule has 92 valence electrons. The van der Waals surface area contributed by atoms with Gasteiger partial charge in [-0.1, -0.05) is 0 Å². The lowest BCUT2D eigenvalue weighted by molar-refractivity contribution is -0.169. The number of carboxylic acids is 1. The van der Waals surface area contributed by atoms with Gasteiger partial charge in [0.2, 0.25) is 11.4 Å². The summed E-state index contributed by atoms with van der Waals surface area (Å²) in [5.41, 5.74) is -2.75. The zero-order valence-electron chi connectivity index (χ0n) is 8.80. The Morgan fingerprint density at radius 2 is 1.88 bits per heavy atom. The van der Waals surface area contributed by atoms with Crippen LogP contribution in [0.3, 0.4) is 0 Å². The van der Waals surface area contributed by atoms with Crippen molar-refractivity contribution in [3.8, 4) is 0 Å². The van der Waals surface area contributed by atoms with Gasteiger partial charge in [0.15, 0.2) is 0 Å². The lowest BCUT2D eigenvalue weighted by Crippen LogP contribution is -2.49. The topological polar surface area (TPSA) is 121 Å². The minimum Gasteiger partial charge on any atom is -0.479 e. The molecule has 0 heterocycles. The van der Waals surface area contributed by atoms with Crippen LogP contribution in [0, 0.1) is 0 Å². The maximum atomic E-state index is 11.3. The van der Waals surface area contributed by atoms with Crippen molar-refractivity contribution in [2.24, 2.45) is 0 Å². The van der Waals surface area contributed by atoms with Crippen molar-refractivity contribution in [1.29, 1.82) is 0 Å². The van der Waals surface area contributed by atoms with E-state index in [9.17, 15) is 19.5 Å². The van der Waals surface area contributed by atoms with Crippen LogP contribution in [0.15, 0.2) is 0 Å². The molecule has 3 N–H and O–H groups in total. The predicted molar refractivity (Wildman–Crippen MR) is 50.8 cm³/mol. The highest BCUT2D eigenvalue weighted by Crippen LogP contribution is 2.13. The summed E-state index contributed by atoms with van der Waals surface area (Å²) in [7, 11) is 0. The van der Waals surface area contributed by atoms with E-state index in [1.165, 1.54) is 0 Å². The largest absolute Gasteiger partial charge is 0.479 e. The number of carbonyl (C=O) groups is 3. The van der Waals surface area contributed by atoms with E-state index >= 15 is 0 Å². The maximum Gasteiger partial charge on any atom is 0.344 e. The van der Waals surface area contributed by atoms with Gasteiger partial charge in [-0.25, -0.2) is 4.79 Å². The Kier molecular flexibility index (Phi) is 5.79. The number of ketones is 2. The van der Waals surface area contributed by atoms with E-state index in [0.29, 0.717) is 0 Å². The number of hydrogen-bond donors (Lipinski definition) is 3. The quantitative estimate of drug-likeness (QED) is 0.340. The predicted octanol–water partition coefficient (Wildman–Crippen LogP) is -1.64. The Hall–Kier alpha value is -1.31. The molecule has 0 amide bonds.